The van der Waals surface area contributed by atoms with Crippen LogP contribution < -0.4 is 10.2 Å². The van der Waals surface area contributed by atoms with Crippen molar-refractivity contribution in [3.05, 3.63) is 65.7 Å². The molecule has 1 aliphatic carbocycles. The van der Waals surface area contributed by atoms with Gasteiger partial charge in [0.05, 0.1) is 11.8 Å². The molecule has 24 heavy (non-hydrogen) atoms. The highest BCUT2D eigenvalue weighted by molar-refractivity contribution is 6.00. The van der Waals surface area contributed by atoms with E-state index in [0.717, 1.165) is 29.9 Å². The number of rotatable bonds is 5. The molecule has 2 aromatic carbocycles. The molecule has 2 aromatic rings. The molecule has 0 unspecified atom stereocenters. The van der Waals surface area contributed by atoms with Crippen LogP contribution in [0.15, 0.2) is 59.7 Å². The Hall–Kier alpha value is -2.62. The summed E-state index contributed by atoms with van der Waals surface area (Å²) in [6.45, 7) is 1.87. The second kappa shape index (κ2) is 7.77. The normalized spacial score (nSPS) is 15.3. The first-order valence-corrected chi connectivity index (χ1v) is 8.39. The van der Waals surface area contributed by atoms with Gasteiger partial charge < -0.3 is 4.74 Å². The summed E-state index contributed by atoms with van der Waals surface area (Å²) in [4.78, 5) is 12.2. The van der Waals surface area contributed by atoms with Crippen LogP contribution in [0.3, 0.4) is 0 Å². The van der Waals surface area contributed by atoms with Crippen molar-refractivity contribution < 1.29 is 9.53 Å². The van der Waals surface area contributed by atoms with Gasteiger partial charge in [-0.1, -0.05) is 30.3 Å². The Morgan fingerprint density at radius 3 is 2.33 bits per heavy atom. The number of amides is 1. The van der Waals surface area contributed by atoms with Crippen LogP contribution >= 0.6 is 0 Å². The third kappa shape index (κ3) is 4.22. The van der Waals surface area contributed by atoms with E-state index in [1.54, 1.807) is 12.1 Å². The molecule has 0 radical (unpaired) electrons. The largest absolute Gasteiger partial charge is 0.490 e. The van der Waals surface area contributed by atoms with Gasteiger partial charge >= 0.3 is 0 Å². The molecule has 4 heteroatoms. The summed E-state index contributed by atoms with van der Waals surface area (Å²) in [7, 11) is 0. The fraction of sp³-hybridized carbons (Fsp3) is 0.300. The number of nitrogens with one attached hydrogen (secondary N) is 1. The highest BCUT2D eigenvalue weighted by atomic mass is 16.5. The molecule has 0 aromatic heterocycles. The molecular formula is C20H22N2O2. The summed E-state index contributed by atoms with van der Waals surface area (Å²) in [6, 6.07) is 17.0. The number of carbonyl (C=O) groups is 1. The first-order valence-electron chi connectivity index (χ1n) is 8.39. The van der Waals surface area contributed by atoms with E-state index < -0.39 is 0 Å². The van der Waals surface area contributed by atoms with E-state index in [0.29, 0.717) is 11.7 Å². The maximum atomic E-state index is 12.2. The minimum atomic E-state index is -0.224. The summed E-state index contributed by atoms with van der Waals surface area (Å²) in [6.07, 6.45) is 5.04. The fourth-order valence-electron chi connectivity index (χ4n) is 2.83. The average Bonchev–Trinajstić information content (AvgIpc) is 3.14. The van der Waals surface area contributed by atoms with Crippen LogP contribution in [0, 0.1) is 0 Å². The molecule has 1 saturated carbocycles. The van der Waals surface area contributed by atoms with Gasteiger partial charge in [0.25, 0.3) is 5.91 Å². The Labute approximate surface area is 142 Å². The van der Waals surface area contributed by atoms with E-state index in [9.17, 15) is 4.79 Å². The number of benzene rings is 2. The summed E-state index contributed by atoms with van der Waals surface area (Å²) in [5.74, 6) is 0.597. The fourth-order valence-corrected chi connectivity index (χ4v) is 2.83. The maximum Gasteiger partial charge on any atom is 0.271 e. The maximum absolute atomic E-state index is 12.2. The van der Waals surface area contributed by atoms with Gasteiger partial charge in [-0.15, -0.1) is 0 Å². The van der Waals surface area contributed by atoms with Gasteiger partial charge in [0.15, 0.2) is 0 Å². The zero-order chi connectivity index (χ0) is 16.8. The predicted octanol–water partition coefficient (Wildman–Crippen LogP) is 4.16. The van der Waals surface area contributed by atoms with Crippen LogP contribution in [-0.4, -0.2) is 17.7 Å². The van der Waals surface area contributed by atoms with E-state index in [1.165, 1.54) is 12.8 Å². The van der Waals surface area contributed by atoms with Crippen molar-refractivity contribution in [1.82, 2.24) is 5.43 Å². The lowest BCUT2D eigenvalue weighted by molar-refractivity contribution is 0.0955. The van der Waals surface area contributed by atoms with E-state index in [4.69, 9.17) is 4.74 Å². The van der Waals surface area contributed by atoms with Gasteiger partial charge in [-0.2, -0.15) is 5.10 Å². The van der Waals surface area contributed by atoms with Crippen molar-refractivity contribution in [2.75, 3.05) is 0 Å². The lowest BCUT2D eigenvalue weighted by atomic mass is 10.1. The Morgan fingerprint density at radius 1 is 1.00 bits per heavy atom. The highest BCUT2D eigenvalue weighted by Gasteiger charge is 2.16. The summed E-state index contributed by atoms with van der Waals surface area (Å²) >= 11 is 0. The quantitative estimate of drug-likeness (QED) is 0.664. The molecular weight excluding hydrogens is 300 g/mol. The minimum absolute atomic E-state index is 0.224. The molecule has 1 fully saturated rings. The Kier molecular flexibility index (Phi) is 5.26. The van der Waals surface area contributed by atoms with Gasteiger partial charge in [-0.3, -0.25) is 4.79 Å². The average molecular weight is 322 g/mol. The van der Waals surface area contributed by atoms with Crippen molar-refractivity contribution in [2.45, 2.75) is 38.7 Å². The van der Waals surface area contributed by atoms with Crippen LogP contribution in [0.25, 0.3) is 0 Å². The van der Waals surface area contributed by atoms with Gasteiger partial charge in [0, 0.05) is 5.56 Å². The number of hydrogen-bond donors (Lipinski definition) is 1. The Balaban J connectivity index is 1.58. The van der Waals surface area contributed by atoms with Gasteiger partial charge in [-0.25, -0.2) is 5.43 Å². The molecule has 0 bridgehead atoms. The van der Waals surface area contributed by atoms with Crippen molar-refractivity contribution >= 4 is 11.6 Å². The lowest BCUT2D eigenvalue weighted by Crippen LogP contribution is -2.19. The summed E-state index contributed by atoms with van der Waals surface area (Å²) in [5.41, 5.74) is 4.92. The monoisotopic (exact) mass is 322 g/mol. The molecule has 124 valence electrons. The Morgan fingerprint density at radius 2 is 1.67 bits per heavy atom. The summed E-state index contributed by atoms with van der Waals surface area (Å²) < 4.78 is 5.91. The number of ether oxygens (including phenoxy) is 1. The van der Waals surface area contributed by atoms with Crippen molar-refractivity contribution in [3.8, 4) is 5.75 Å². The lowest BCUT2D eigenvalue weighted by Gasteiger charge is -2.13. The number of hydrogen-bond acceptors (Lipinski definition) is 3. The van der Waals surface area contributed by atoms with E-state index in [-0.39, 0.29) is 5.91 Å². The zero-order valence-corrected chi connectivity index (χ0v) is 13.9. The van der Waals surface area contributed by atoms with E-state index >= 15 is 0 Å². The molecule has 4 nitrogen and oxygen atoms in total. The highest BCUT2D eigenvalue weighted by Crippen LogP contribution is 2.24. The second-order valence-corrected chi connectivity index (χ2v) is 6.05. The van der Waals surface area contributed by atoms with E-state index in [2.05, 4.69) is 10.5 Å². The van der Waals surface area contributed by atoms with Crippen LogP contribution in [-0.2, 0) is 0 Å². The predicted molar refractivity (Wildman–Crippen MR) is 95.4 cm³/mol. The number of hydrazone groups is 1. The molecule has 0 heterocycles. The first-order chi connectivity index (χ1) is 11.7. The first kappa shape index (κ1) is 16.2. The van der Waals surface area contributed by atoms with Gasteiger partial charge in [0.1, 0.15) is 5.75 Å². The SMILES string of the molecule is C/C(=N/NC(=O)c1ccc(OC2CCCC2)cc1)c1ccccc1. The van der Waals surface area contributed by atoms with E-state index in [1.807, 2.05) is 49.4 Å². The minimum Gasteiger partial charge on any atom is -0.490 e. The zero-order valence-electron chi connectivity index (χ0n) is 13.9. The smallest absolute Gasteiger partial charge is 0.271 e. The third-order valence-corrected chi connectivity index (χ3v) is 4.24. The molecule has 1 aliphatic rings. The molecule has 1 N–H and O–H groups in total. The number of nitrogens with zero attached hydrogens (tertiary/aromatic N) is 1. The van der Waals surface area contributed by atoms with Crippen LogP contribution in [0.5, 0.6) is 5.75 Å². The van der Waals surface area contributed by atoms with Gasteiger partial charge in [0.2, 0.25) is 0 Å². The topological polar surface area (TPSA) is 50.7 Å². The molecule has 3 rings (SSSR count). The third-order valence-electron chi connectivity index (χ3n) is 4.24. The van der Waals surface area contributed by atoms with Crippen LogP contribution in [0.1, 0.15) is 48.5 Å². The Bertz CT molecular complexity index is 702. The van der Waals surface area contributed by atoms with Crippen molar-refractivity contribution in [2.24, 2.45) is 5.10 Å². The second-order valence-electron chi connectivity index (χ2n) is 6.05. The molecule has 0 saturated heterocycles. The standard InChI is InChI=1S/C20H22N2O2/c1-15(16-7-3-2-4-8-16)21-22-20(23)17-11-13-19(14-12-17)24-18-9-5-6-10-18/h2-4,7-8,11-14,18H,5-6,9-10H2,1H3,(H,22,23)/b21-15-. The molecule has 0 spiro atoms. The van der Waals surface area contributed by atoms with Crippen molar-refractivity contribution in [1.29, 1.82) is 0 Å². The van der Waals surface area contributed by atoms with Crippen LogP contribution in [0.4, 0.5) is 0 Å². The molecule has 1 amide bonds. The van der Waals surface area contributed by atoms with Crippen LogP contribution in [0.2, 0.25) is 0 Å². The van der Waals surface area contributed by atoms with Crippen molar-refractivity contribution in [3.63, 3.8) is 0 Å². The number of carbonyl (C=O) groups excluding carboxylic acids is 1. The molecule has 0 aliphatic heterocycles. The summed E-state index contributed by atoms with van der Waals surface area (Å²) in [5, 5.41) is 4.16. The van der Waals surface area contributed by atoms with Gasteiger partial charge in [-0.05, 0) is 62.4 Å². The molecule has 0 atom stereocenters.